The Hall–Kier alpha value is -2.65. The lowest BCUT2D eigenvalue weighted by molar-refractivity contribution is -0.141. The van der Waals surface area contributed by atoms with Crippen molar-refractivity contribution >= 4 is 61.2 Å². The molecule has 0 fully saturated rings. The lowest BCUT2D eigenvalue weighted by Crippen LogP contribution is -2.54. The molecule has 0 saturated carbocycles. The van der Waals surface area contributed by atoms with Crippen LogP contribution in [0.25, 0.3) is 0 Å². The maximum atomic E-state index is 12.7. The highest BCUT2D eigenvalue weighted by molar-refractivity contribution is 8.17. The molecule has 0 spiro atoms. The lowest BCUT2D eigenvalue weighted by atomic mass is 10.1. The summed E-state index contributed by atoms with van der Waals surface area (Å²) < 4.78 is 38.4. The molecular formula is C20H21F3N8OS3. The Morgan fingerprint density at radius 1 is 1.14 bits per heavy atom. The van der Waals surface area contributed by atoms with Crippen molar-refractivity contribution in [3.8, 4) is 0 Å². The Labute approximate surface area is 215 Å². The van der Waals surface area contributed by atoms with Gasteiger partial charge >= 0.3 is 6.18 Å². The summed E-state index contributed by atoms with van der Waals surface area (Å²) in [6.45, 7) is 2.37. The molecule has 1 atom stereocenters. The number of carbonyl (C=O) groups is 1. The monoisotopic (exact) mass is 542 g/mol. The molecule has 0 radical (unpaired) electrons. The number of nitrogens with zero attached hydrogens (tertiary/aromatic N) is 6. The first kappa shape index (κ1) is 25.4. The second-order valence-electron chi connectivity index (χ2n) is 7.97. The van der Waals surface area contributed by atoms with Crippen molar-refractivity contribution in [3.05, 3.63) is 53.2 Å². The van der Waals surface area contributed by atoms with E-state index in [0.29, 0.717) is 35.3 Å². The van der Waals surface area contributed by atoms with Gasteiger partial charge in [0.15, 0.2) is 5.82 Å². The van der Waals surface area contributed by atoms with Crippen LogP contribution in [-0.4, -0.2) is 47.1 Å². The molecule has 3 aromatic rings. The molecule has 35 heavy (non-hydrogen) atoms. The van der Waals surface area contributed by atoms with E-state index >= 15 is 0 Å². The molecule has 4 rings (SSSR count). The molecule has 0 aromatic carbocycles. The number of likely N-dealkylation sites (N-methyl/N-ethyl adjacent to an activating group) is 1. The molecule has 1 amide bonds. The van der Waals surface area contributed by atoms with Gasteiger partial charge in [-0.1, -0.05) is 6.07 Å². The van der Waals surface area contributed by atoms with E-state index < -0.39 is 21.3 Å². The summed E-state index contributed by atoms with van der Waals surface area (Å²) in [5, 5.41) is 10.2. The van der Waals surface area contributed by atoms with Crippen LogP contribution in [0, 0.1) is 6.92 Å². The molecular weight excluding hydrogens is 521 g/mol. The average Bonchev–Trinajstić information content (AvgIpc) is 3.19. The number of aromatic nitrogens is 5. The molecule has 0 saturated heterocycles. The number of amides is 1. The van der Waals surface area contributed by atoms with E-state index in [2.05, 4.69) is 68.6 Å². The summed E-state index contributed by atoms with van der Waals surface area (Å²) in [7, 11) is 1.70. The zero-order chi connectivity index (χ0) is 25.5. The molecule has 2 N–H and O–H groups in total. The summed E-state index contributed by atoms with van der Waals surface area (Å²) in [4.78, 5) is 26.6. The SMILES string of the molecule is Cc1nc(NCc2cnn(Cc3ccc(C(F)(F)F)nc3)c2)nc2c1NC(=O)C(C(S)(S)S)N2C. The Bertz CT molecular complexity index is 1240. The van der Waals surface area contributed by atoms with Crippen molar-refractivity contribution in [3.63, 3.8) is 0 Å². The van der Waals surface area contributed by atoms with Gasteiger partial charge in [-0.3, -0.25) is 14.5 Å². The summed E-state index contributed by atoms with van der Waals surface area (Å²) >= 11 is 12.9. The fourth-order valence-corrected chi connectivity index (χ4v) is 4.47. The third-order valence-electron chi connectivity index (χ3n) is 5.25. The number of nitrogens with one attached hydrogen (secondary N) is 2. The number of hydrogen-bond donors (Lipinski definition) is 5. The van der Waals surface area contributed by atoms with Gasteiger partial charge in [-0.15, -0.1) is 37.9 Å². The fraction of sp³-hybridized carbons (Fsp3) is 0.350. The van der Waals surface area contributed by atoms with Gasteiger partial charge in [0.2, 0.25) is 11.9 Å². The molecule has 186 valence electrons. The summed E-state index contributed by atoms with van der Waals surface area (Å²) in [5.74, 6) is 0.519. The van der Waals surface area contributed by atoms with Crippen LogP contribution in [0.1, 0.15) is 22.5 Å². The van der Waals surface area contributed by atoms with Gasteiger partial charge in [-0.2, -0.15) is 23.3 Å². The Kier molecular flexibility index (Phi) is 6.85. The highest BCUT2D eigenvalue weighted by Gasteiger charge is 2.43. The predicted molar refractivity (Wildman–Crippen MR) is 135 cm³/mol. The fourth-order valence-electron chi connectivity index (χ4n) is 3.60. The summed E-state index contributed by atoms with van der Waals surface area (Å²) in [5.41, 5.74) is 1.53. The molecule has 0 bridgehead atoms. The first-order chi connectivity index (χ1) is 16.3. The number of halogens is 3. The van der Waals surface area contributed by atoms with Crippen LogP contribution >= 0.6 is 37.9 Å². The first-order valence-electron chi connectivity index (χ1n) is 10.2. The molecule has 1 aliphatic heterocycles. The van der Waals surface area contributed by atoms with Gasteiger partial charge < -0.3 is 15.5 Å². The molecule has 1 unspecified atom stereocenters. The van der Waals surface area contributed by atoms with E-state index in [1.54, 1.807) is 35.9 Å². The van der Waals surface area contributed by atoms with Crippen molar-refractivity contribution < 1.29 is 18.0 Å². The zero-order valence-electron chi connectivity index (χ0n) is 18.4. The van der Waals surface area contributed by atoms with Crippen LogP contribution < -0.4 is 15.5 Å². The topological polar surface area (TPSA) is 101 Å². The smallest absolute Gasteiger partial charge is 0.350 e. The Morgan fingerprint density at radius 2 is 1.89 bits per heavy atom. The molecule has 1 aliphatic rings. The van der Waals surface area contributed by atoms with Crippen molar-refractivity contribution in [1.82, 2.24) is 24.7 Å². The maximum absolute atomic E-state index is 12.7. The number of aryl methyl sites for hydroxylation is 1. The minimum atomic E-state index is -4.48. The van der Waals surface area contributed by atoms with Crippen LogP contribution in [0.5, 0.6) is 0 Å². The van der Waals surface area contributed by atoms with Crippen LogP contribution in [0.3, 0.4) is 0 Å². The number of alkyl halides is 3. The molecule has 0 aliphatic carbocycles. The molecule has 3 aromatic heterocycles. The number of carbonyl (C=O) groups excluding carboxylic acids is 1. The molecule has 9 nitrogen and oxygen atoms in total. The summed E-state index contributed by atoms with van der Waals surface area (Å²) in [6, 6.07) is 1.53. The highest BCUT2D eigenvalue weighted by Crippen LogP contribution is 2.40. The standard InChI is InChI=1S/C20H21F3N8OS3/c1-10-14-16(30(2)15(17(32)28-14)20(33,34)35)29-18(27-10)25-6-12-7-26-31(9-12)8-11-3-4-13(24-5-11)19(21,22)23/h3-5,7,9,15,33-35H,6,8H2,1-2H3,(H,28,32)(H,25,27,29). The van der Waals surface area contributed by atoms with Gasteiger partial charge in [-0.05, 0) is 18.6 Å². The largest absolute Gasteiger partial charge is 0.433 e. The molecule has 4 heterocycles. The van der Waals surface area contributed by atoms with Crippen LogP contribution in [0.2, 0.25) is 0 Å². The van der Waals surface area contributed by atoms with Crippen molar-refractivity contribution in [1.29, 1.82) is 0 Å². The second kappa shape index (κ2) is 9.43. The van der Waals surface area contributed by atoms with Crippen LogP contribution in [-0.2, 0) is 24.1 Å². The van der Waals surface area contributed by atoms with Crippen molar-refractivity contribution in [2.24, 2.45) is 0 Å². The van der Waals surface area contributed by atoms with E-state index in [9.17, 15) is 18.0 Å². The zero-order valence-corrected chi connectivity index (χ0v) is 21.1. The van der Waals surface area contributed by atoms with E-state index in [4.69, 9.17) is 0 Å². The van der Waals surface area contributed by atoms with Crippen LogP contribution in [0.4, 0.5) is 30.6 Å². The minimum Gasteiger partial charge on any atom is -0.350 e. The average molecular weight is 543 g/mol. The lowest BCUT2D eigenvalue weighted by Gasteiger charge is -2.39. The first-order valence-corrected chi connectivity index (χ1v) is 11.5. The third kappa shape index (κ3) is 5.62. The van der Waals surface area contributed by atoms with Gasteiger partial charge in [-0.25, -0.2) is 4.98 Å². The maximum Gasteiger partial charge on any atom is 0.433 e. The number of thiol groups is 3. The van der Waals surface area contributed by atoms with E-state index in [1.165, 1.54) is 12.3 Å². The number of hydrogen-bond acceptors (Lipinski definition) is 10. The second-order valence-corrected chi connectivity index (χ2v) is 11.1. The highest BCUT2D eigenvalue weighted by atomic mass is 32.2. The van der Waals surface area contributed by atoms with Gasteiger partial charge in [0, 0.05) is 31.5 Å². The van der Waals surface area contributed by atoms with Crippen molar-refractivity contribution in [2.45, 2.75) is 35.6 Å². The summed E-state index contributed by atoms with van der Waals surface area (Å²) in [6.07, 6.45) is 0.102. The van der Waals surface area contributed by atoms with Gasteiger partial charge in [0.1, 0.15) is 20.8 Å². The quantitative estimate of drug-likeness (QED) is 0.241. The van der Waals surface area contributed by atoms with Crippen LogP contribution in [0.15, 0.2) is 30.7 Å². The van der Waals surface area contributed by atoms with E-state index in [0.717, 1.165) is 11.6 Å². The number of pyridine rings is 1. The van der Waals surface area contributed by atoms with Crippen molar-refractivity contribution in [2.75, 3.05) is 22.6 Å². The predicted octanol–water partition coefficient (Wildman–Crippen LogP) is 3.26. The van der Waals surface area contributed by atoms with Gasteiger partial charge in [0.25, 0.3) is 0 Å². The Balaban J connectivity index is 1.44. The minimum absolute atomic E-state index is 0.268. The number of anilines is 3. The Morgan fingerprint density at radius 3 is 2.51 bits per heavy atom. The van der Waals surface area contributed by atoms with E-state index in [-0.39, 0.29) is 12.5 Å². The van der Waals surface area contributed by atoms with E-state index in [1.807, 2.05) is 0 Å². The third-order valence-corrected chi connectivity index (χ3v) is 5.99. The molecule has 15 heteroatoms. The number of rotatable bonds is 6. The normalized spacial score (nSPS) is 16.2. The number of fused-ring (bicyclic) bond motifs is 1. The van der Waals surface area contributed by atoms with Gasteiger partial charge in [0.05, 0.1) is 18.4 Å².